The number of phosphoric ester groups is 1. The van der Waals surface area contributed by atoms with E-state index < -0.39 is 26.5 Å². The summed E-state index contributed by atoms with van der Waals surface area (Å²) < 4.78 is 33.3. The van der Waals surface area contributed by atoms with Crippen LogP contribution in [0, 0.1) is 0 Å². The highest BCUT2D eigenvalue weighted by Crippen LogP contribution is 2.43. The van der Waals surface area contributed by atoms with Crippen molar-refractivity contribution >= 4 is 19.8 Å². The predicted octanol–water partition coefficient (Wildman–Crippen LogP) is 27.1. The zero-order valence-corrected chi connectivity index (χ0v) is 63.4. The van der Waals surface area contributed by atoms with Crippen LogP contribution in [0.4, 0.5) is 0 Å². The van der Waals surface area contributed by atoms with Crippen LogP contribution in [0.25, 0.3) is 0 Å². The summed E-state index contributed by atoms with van der Waals surface area (Å²) in [6, 6.07) is 0. The van der Waals surface area contributed by atoms with Crippen LogP contribution < -0.4 is 5.73 Å². The second-order valence-electron chi connectivity index (χ2n) is 26.2. The van der Waals surface area contributed by atoms with E-state index in [1.807, 2.05) is 0 Å². The lowest BCUT2D eigenvalue weighted by Gasteiger charge is -2.19. The number of rotatable bonds is 74. The molecular formula is C87H148NO8P. The summed E-state index contributed by atoms with van der Waals surface area (Å²) in [7, 11) is -4.40. The number of esters is 2. The minimum Gasteiger partial charge on any atom is -0.462 e. The lowest BCUT2D eigenvalue weighted by Crippen LogP contribution is -2.29. The van der Waals surface area contributed by atoms with Crippen molar-refractivity contribution < 1.29 is 37.6 Å². The van der Waals surface area contributed by atoms with Crippen LogP contribution in [-0.4, -0.2) is 49.3 Å². The Hall–Kier alpha value is -4.37. The maximum atomic E-state index is 12.8. The molecule has 0 aromatic rings. The summed E-state index contributed by atoms with van der Waals surface area (Å²) in [6.07, 6.45) is 118. The number of ether oxygens (including phenoxy) is 2. The van der Waals surface area contributed by atoms with E-state index in [0.29, 0.717) is 6.42 Å². The zero-order chi connectivity index (χ0) is 70.0. The molecule has 0 amide bonds. The number of phosphoric acid groups is 1. The van der Waals surface area contributed by atoms with Crippen molar-refractivity contribution in [2.75, 3.05) is 26.4 Å². The van der Waals surface area contributed by atoms with Crippen molar-refractivity contribution in [3.63, 3.8) is 0 Å². The SMILES string of the molecule is CC/C=C\C/C=C\C/C=C\C/C=C\C/C=C\C/C=C\C/C=C\C/C=C\CCCCCCCCCCCCCCCCCCC(=O)OC(COC(=O)CCCCCCCCCCCCCCCCCCCCC/C=C\C/C=C\C/C=C\C/C=C\C/C=C\CC)COP(=O)(O)OCCN. The molecule has 0 aromatic carbocycles. The Bertz CT molecular complexity index is 2160. The van der Waals surface area contributed by atoms with Crippen LogP contribution in [0.2, 0.25) is 0 Å². The van der Waals surface area contributed by atoms with E-state index in [9.17, 15) is 19.0 Å². The molecule has 0 aromatic heterocycles. The Morgan fingerprint density at radius 1 is 0.309 bits per heavy atom. The molecule has 0 fully saturated rings. The largest absolute Gasteiger partial charge is 0.472 e. The van der Waals surface area contributed by atoms with Crippen LogP contribution in [0.15, 0.2) is 158 Å². The quantitative estimate of drug-likeness (QED) is 0.0264. The molecule has 3 N–H and O–H groups in total. The zero-order valence-electron chi connectivity index (χ0n) is 62.5. The van der Waals surface area contributed by atoms with Gasteiger partial charge in [0, 0.05) is 19.4 Å². The number of carbonyl (C=O) groups is 2. The lowest BCUT2D eigenvalue weighted by molar-refractivity contribution is -0.161. The topological polar surface area (TPSA) is 134 Å². The first-order valence-electron chi connectivity index (χ1n) is 40.0. The molecule has 9 nitrogen and oxygen atoms in total. The average Bonchev–Trinajstić information content (AvgIpc) is 2.57. The molecule has 10 heteroatoms. The molecule has 0 bridgehead atoms. The Kier molecular flexibility index (Phi) is 77.0. The van der Waals surface area contributed by atoms with E-state index in [2.05, 4.69) is 172 Å². The van der Waals surface area contributed by atoms with Crippen LogP contribution in [0.1, 0.15) is 348 Å². The molecule has 0 rings (SSSR count). The summed E-state index contributed by atoms with van der Waals surface area (Å²) in [5.41, 5.74) is 5.42. The molecule has 2 unspecified atom stereocenters. The van der Waals surface area contributed by atoms with Crippen LogP contribution in [-0.2, 0) is 32.7 Å². The summed E-state index contributed by atoms with van der Waals surface area (Å²) in [5.74, 6) is -0.819. The van der Waals surface area contributed by atoms with Gasteiger partial charge in [-0.25, -0.2) is 4.57 Å². The lowest BCUT2D eigenvalue weighted by atomic mass is 10.0. The summed E-state index contributed by atoms with van der Waals surface area (Å²) >= 11 is 0. The number of nitrogens with two attached hydrogens (primary N) is 1. The summed E-state index contributed by atoms with van der Waals surface area (Å²) in [5, 5.41) is 0. The molecule has 0 spiro atoms. The Labute approximate surface area is 598 Å². The third kappa shape index (κ3) is 80.5. The number of unbranched alkanes of at least 4 members (excludes halogenated alkanes) is 35. The molecule has 0 aliphatic carbocycles. The van der Waals surface area contributed by atoms with Crippen molar-refractivity contribution in [1.82, 2.24) is 0 Å². The van der Waals surface area contributed by atoms with Crippen LogP contribution in [0.5, 0.6) is 0 Å². The second kappa shape index (κ2) is 80.6. The van der Waals surface area contributed by atoms with Crippen molar-refractivity contribution in [2.24, 2.45) is 5.73 Å². The van der Waals surface area contributed by atoms with Gasteiger partial charge in [-0.2, -0.15) is 0 Å². The highest BCUT2D eigenvalue weighted by molar-refractivity contribution is 7.47. The first kappa shape index (κ1) is 92.6. The number of hydrogen-bond acceptors (Lipinski definition) is 8. The Morgan fingerprint density at radius 2 is 0.536 bits per heavy atom. The van der Waals surface area contributed by atoms with Crippen LogP contribution >= 0.6 is 7.82 Å². The molecule has 554 valence electrons. The normalized spacial score (nSPS) is 13.7. The second-order valence-corrected chi connectivity index (χ2v) is 27.6. The molecule has 0 saturated heterocycles. The van der Waals surface area contributed by atoms with E-state index in [-0.39, 0.29) is 38.6 Å². The molecule has 0 saturated carbocycles. The smallest absolute Gasteiger partial charge is 0.462 e. The van der Waals surface area contributed by atoms with E-state index >= 15 is 0 Å². The average molecular weight is 1370 g/mol. The summed E-state index contributed by atoms with van der Waals surface area (Å²) in [4.78, 5) is 35.5. The van der Waals surface area contributed by atoms with Gasteiger partial charge in [0.05, 0.1) is 13.2 Å². The van der Waals surface area contributed by atoms with Gasteiger partial charge in [-0.15, -0.1) is 0 Å². The van der Waals surface area contributed by atoms with Gasteiger partial charge >= 0.3 is 19.8 Å². The molecule has 0 radical (unpaired) electrons. The van der Waals surface area contributed by atoms with Gasteiger partial charge in [-0.05, 0) is 122 Å². The van der Waals surface area contributed by atoms with E-state index in [0.717, 1.165) is 122 Å². The number of hydrogen-bond donors (Lipinski definition) is 2. The third-order valence-corrected chi connectivity index (χ3v) is 17.9. The highest BCUT2D eigenvalue weighted by atomic mass is 31.2. The standard InChI is InChI=1S/C87H148NO8P/c1-3-5-7-9-11-13-15-17-19-21-23-25-27-29-31-33-35-37-39-40-41-42-43-44-46-48-50-52-54-56-58-60-62-64-66-68-70-72-74-76-78-80-87(90)96-85(84-95-97(91,92)94-82-81-88)83-93-86(89)79-77-75-73-71-69-67-65-63-61-59-57-55-53-51-49-47-45-38-36-34-32-30-28-26-24-22-20-18-16-14-12-10-8-6-4-2/h5-8,11-14,17-20,23-26,29-32,35,37,40-41,43-44,85H,3-4,9-10,15-16,21-22,27-28,33-34,36,38-39,42,45-84,88H2,1-2H3,(H,91,92)/b7-5-,8-6-,13-11-,14-12-,19-17-,20-18-,25-23-,26-24-,31-29-,32-30-,37-35-,41-40-,44-43-. The van der Waals surface area contributed by atoms with Gasteiger partial charge in [0.2, 0.25) is 0 Å². The van der Waals surface area contributed by atoms with Gasteiger partial charge in [0.1, 0.15) is 6.61 Å². The number of carbonyl (C=O) groups excluding carboxylic acids is 2. The van der Waals surface area contributed by atoms with Gasteiger partial charge in [0.15, 0.2) is 6.10 Å². The summed E-state index contributed by atoms with van der Waals surface area (Å²) in [6.45, 7) is 3.55. The minimum absolute atomic E-state index is 0.0497. The van der Waals surface area contributed by atoms with Gasteiger partial charge < -0.3 is 20.1 Å². The van der Waals surface area contributed by atoms with Crippen molar-refractivity contribution in [2.45, 2.75) is 354 Å². The molecule has 97 heavy (non-hydrogen) atoms. The molecule has 0 heterocycles. The minimum atomic E-state index is -4.40. The Balaban J connectivity index is 3.83. The van der Waals surface area contributed by atoms with Gasteiger partial charge in [-0.3, -0.25) is 18.6 Å². The van der Waals surface area contributed by atoms with Crippen LogP contribution in [0.3, 0.4) is 0 Å². The monoisotopic (exact) mass is 1370 g/mol. The maximum Gasteiger partial charge on any atom is 0.472 e. The van der Waals surface area contributed by atoms with E-state index in [4.69, 9.17) is 24.3 Å². The fourth-order valence-corrected chi connectivity index (χ4v) is 11.9. The third-order valence-electron chi connectivity index (χ3n) is 16.9. The number of allylic oxidation sites excluding steroid dienone is 26. The van der Waals surface area contributed by atoms with Crippen molar-refractivity contribution in [3.05, 3.63) is 158 Å². The van der Waals surface area contributed by atoms with Gasteiger partial charge in [-0.1, -0.05) is 371 Å². The van der Waals surface area contributed by atoms with Crippen molar-refractivity contribution in [3.8, 4) is 0 Å². The fraction of sp³-hybridized carbons (Fsp3) is 0.678. The van der Waals surface area contributed by atoms with Gasteiger partial charge in [0.25, 0.3) is 0 Å². The van der Waals surface area contributed by atoms with E-state index in [1.165, 1.54) is 193 Å². The van der Waals surface area contributed by atoms with E-state index in [1.54, 1.807) is 0 Å². The fourth-order valence-electron chi connectivity index (χ4n) is 11.1. The Morgan fingerprint density at radius 3 is 0.794 bits per heavy atom. The maximum absolute atomic E-state index is 12.8. The first-order valence-corrected chi connectivity index (χ1v) is 41.5. The molecular weight excluding hydrogens is 1220 g/mol. The van der Waals surface area contributed by atoms with Crippen molar-refractivity contribution in [1.29, 1.82) is 0 Å². The predicted molar refractivity (Wildman–Crippen MR) is 422 cm³/mol. The molecule has 0 aliphatic rings. The highest BCUT2D eigenvalue weighted by Gasteiger charge is 2.26. The first-order chi connectivity index (χ1) is 47.8. The molecule has 2 atom stereocenters. The molecule has 0 aliphatic heterocycles.